The van der Waals surface area contributed by atoms with Crippen LogP contribution in [0.5, 0.6) is 0 Å². The minimum atomic E-state index is -0.623. The Bertz CT molecular complexity index is 188. The quantitative estimate of drug-likeness (QED) is 0.597. The zero-order valence-corrected chi connectivity index (χ0v) is 7.38. The van der Waals surface area contributed by atoms with Crippen molar-refractivity contribution in [1.82, 2.24) is 0 Å². The van der Waals surface area contributed by atoms with Crippen LogP contribution in [0.25, 0.3) is 0 Å². The molecular formula is C10H16O2. The van der Waals surface area contributed by atoms with Crippen LogP contribution in [-0.2, 0) is 4.79 Å². The number of hydrogen-bond donors (Lipinski definition) is 1. The molecule has 68 valence electrons. The molecule has 0 aromatic heterocycles. The van der Waals surface area contributed by atoms with Gasteiger partial charge in [-0.1, -0.05) is 0 Å². The average Bonchev–Trinajstić information content (AvgIpc) is 2.16. The molecule has 0 saturated heterocycles. The molecule has 1 N–H and O–H groups in total. The first-order chi connectivity index (χ1) is 5.70. The van der Waals surface area contributed by atoms with Crippen molar-refractivity contribution >= 4 is 5.78 Å². The summed E-state index contributed by atoms with van der Waals surface area (Å²) in [6.07, 6.45) is 6.21. The predicted octanol–water partition coefficient (Wildman–Crippen LogP) is 1.66. The van der Waals surface area contributed by atoms with Crippen LogP contribution in [0.3, 0.4) is 0 Å². The Hall–Kier alpha value is -0.370. The molecular weight excluding hydrogens is 152 g/mol. The molecule has 2 saturated carbocycles. The molecule has 0 aromatic rings. The number of Topliss-reactive ketones (excluding diaryl/α,β-unsaturated/α-hetero) is 1. The predicted molar refractivity (Wildman–Crippen MR) is 45.8 cm³/mol. The number of carbonyl (C=O) groups excluding carboxylic acids is 1. The van der Waals surface area contributed by atoms with E-state index in [-0.39, 0.29) is 5.92 Å². The number of rotatable bonds is 0. The summed E-state index contributed by atoms with van der Waals surface area (Å²) in [6.45, 7) is 0. The molecule has 2 aliphatic carbocycles. The summed E-state index contributed by atoms with van der Waals surface area (Å²) < 4.78 is 0. The molecule has 0 aromatic carbocycles. The van der Waals surface area contributed by atoms with Gasteiger partial charge in [-0.15, -0.1) is 0 Å². The average molecular weight is 168 g/mol. The maximum Gasteiger partial charge on any atom is 0.138 e. The van der Waals surface area contributed by atoms with E-state index in [0.717, 1.165) is 38.5 Å². The monoisotopic (exact) mass is 168 g/mol. The fourth-order valence-electron chi connectivity index (χ4n) is 2.59. The van der Waals surface area contributed by atoms with Gasteiger partial charge >= 0.3 is 0 Å². The molecule has 0 amide bonds. The van der Waals surface area contributed by atoms with E-state index < -0.39 is 5.60 Å². The molecule has 2 aliphatic rings. The molecule has 2 rings (SSSR count). The second-order valence-electron chi connectivity index (χ2n) is 4.35. The summed E-state index contributed by atoms with van der Waals surface area (Å²) in [5.41, 5.74) is -0.623. The fraction of sp³-hybridized carbons (Fsp3) is 0.900. The molecule has 0 aliphatic heterocycles. The van der Waals surface area contributed by atoms with E-state index >= 15 is 0 Å². The van der Waals surface area contributed by atoms with Crippen LogP contribution in [0.4, 0.5) is 0 Å². The Morgan fingerprint density at radius 2 is 1.83 bits per heavy atom. The van der Waals surface area contributed by atoms with Crippen molar-refractivity contribution in [2.24, 2.45) is 5.92 Å². The Morgan fingerprint density at radius 3 is 2.42 bits per heavy atom. The molecule has 0 spiro atoms. The molecule has 2 fully saturated rings. The van der Waals surface area contributed by atoms with Gasteiger partial charge in [-0.3, -0.25) is 4.79 Å². The standard InChI is InChI=1S/C10H16O2/c11-9-7-10(12)5-1-3-8(9)4-2-6-10/h8,12H,1-7H2. The summed E-state index contributed by atoms with van der Waals surface area (Å²) in [7, 11) is 0. The normalized spacial score (nSPS) is 42.4. The van der Waals surface area contributed by atoms with Gasteiger partial charge in [0, 0.05) is 12.3 Å². The van der Waals surface area contributed by atoms with E-state index in [2.05, 4.69) is 0 Å². The van der Waals surface area contributed by atoms with Crippen molar-refractivity contribution in [3.8, 4) is 0 Å². The van der Waals surface area contributed by atoms with E-state index in [0.29, 0.717) is 12.2 Å². The SMILES string of the molecule is O=C1CC2(O)CCCC1CCC2. The first-order valence-corrected chi connectivity index (χ1v) is 4.95. The molecule has 0 unspecified atom stereocenters. The Balaban J connectivity index is 2.22. The number of hydrogen-bond acceptors (Lipinski definition) is 2. The van der Waals surface area contributed by atoms with Crippen molar-refractivity contribution in [3.05, 3.63) is 0 Å². The molecule has 12 heavy (non-hydrogen) atoms. The first kappa shape index (κ1) is 8.24. The second kappa shape index (κ2) is 2.84. The van der Waals surface area contributed by atoms with Crippen molar-refractivity contribution in [2.75, 3.05) is 0 Å². The van der Waals surface area contributed by atoms with Gasteiger partial charge in [0.05, 0.1) is 5.60 Å². The highest BCUT2D eigenvalue weighted by Gasteiger charge is 2.38. The van der Waals surface area contributed by atoms with Crippen molar-refractivity contribution in [2.45, 2.75) is 50.5 Å². The van der Waals surface area contributed by atoms with Crippen LogP contribution in [0.15, 0.2) is 0 Å². The van der Waals surface area contributed by atoms with Crippen molar-refractivity contribution in [1.29, 1.82) is 0 Å². The van der Waals surface area contributed by atoms with E-state index in [4.69, 9.17) is 0 Å². The summed E-state index contributed by atoms with van der Waals surface area (Å²) in [5, 5.41) is 10.0. The van der Waals surface area contributed by atoms with Gasteiger partial charge in [0.15, 0.2) is 0 Å². The molecule has 0 heterocycles. The van der Waals surface area contributed by atoms with Crippen LogP contribution in [0.1, 0.15) is 44.9 Å². The van der Waals surface area contributed by atoms with Crippen LogP contribution in [0.2, 0.25) is 0 Å². The first-order valence-electron chi connectivity index (χ1n) is 4.95. The third-order valence-corrected chi connectivity index (χ3v) is 3.35. The summed E-state index contributed by atoms with van der Waals surface area (Å²) in [4.78, 5) is 11.5. The van der Waals surface area contributed by atoms with Gasteiger partial charge in [0.2, 0.25) is 0 Å². The number of aliphatic hydroxyl groups is 1. The van der Waals surface area contributed by atoms with E-state index in [1.165, 1.54) is 0 Å². The molecule has 2 heteroatoms. The Kier molecular flexibility index (Phi) is 1.95. The van der Waals surface area contributed by atoms with Gasteiger partial charge in [0.25, 0.3) is 0 Å². The zero-order chi connectivity index (χ0) is 8.60. The third-order valence-electron chi connectivity index (χ3n) is 3.35. The maximum atomic E-state index is 11.5. The minimum Gasteiger partial charge on any atom is -0.389 e. The molecule has 2 bridgehead atoms. The smallest absolute Gasteiger partial charge is 0.138 e. The lowest BCUT2D eigenvalue weighted by atomic mass is 9.89. The highest BCUT2D eigenvalue weighted by Crippen LogP contribution is 2.37. The largest absolute Gasteiger partial charge is 0.389 e. The number of carbonyl (C=O) groups is 1. The number of ketones is 1. The summed E-state index contributed by atoms with van der Waals surface area (Å²) in [5.74, 6) is 0.592. The Morgan fingerprint density at radius 1 is 1.25 bits per heavy atom. The van der Waals surface area contributed by atoms with Crippen LogP contribution >= 0.6 is 0 Å². The molecule has 0 atom stereocenters. The van der Waals surface area contributed by atoms with Crippen LogP contribution in [-0.4, -0.2) is 16.5 Å². The Labute approximate surface area is 73.0 Å². The molecule has 2 nitrogen and oxygen atoms in total. The van der Waals surface area contributed by atoms with Gasteiger partial charge < -0.3 is 5.11 Å². The highest BCUT2D eigenvalue weighted by molar-refractivity contribution is 5.82. The van der Waals surface area contributed by atoms with E-state index in [1.54, 1.807) is 0 Å². The minimum absolute atomic E-state index is 0.279. The second-order valence-corrected chi connectivity index (χ2v) is 4.35. The van der Waals surface area contributed by atoms with Gasteiger partial charge in [-0.05, 0) is 38.5 Å². The fourth-order valence-corrected chi connectivity index (χ4v) is 2.59. The van der Waals surface area contributed by atoms with Crippen molar-refractivity contribution in [3.63, 3.8) is 0 Å². The van der Waals surface area contributed by atoms with E-state index in [9.17, 15) is 9.90 Å². The van der Waals surface area contributed by atoms with Gasteiger partial charge in [-0.25, -0.2) is 0 Å². The van der Waals surface area contributed by atoms with Crippen LogP contribution in [0, 0.1) is 5.92 Å². The summed E-state index contributed by atoms with van der Waals surface area (Å²) in [6, 6.07) is 0. The maximum absolute atomic E-state index is 11.5. The number of fused-ring (bicyclic) bond motifs is 3. The van der Waals surface area contributed by atoms with Crippen LogP contribution < -0.4 is 0 Å². The topological polar surface area (TPSA) is 37.3 Å². The van der Waals surface area contributed by atoms with Crippen molar-refractivity contribution < 1.29 is 9.90 Å². The van der Waals surface area contributed by atoms with Gasteiger partial charge in [-0.2, -0.15) is 0 Å². The third kappa shape index (κ3) is 1.40. The lowest BCUT2D eigenvalue weighted by molar-refractivity contribution is -0.125. The summed E-state index contributed by atoms with van der Waals surface area (Å²) >= 11 is 0. The van der Waals surface area contributed by atoms with E-state index in [1.807, 2.05) is 0 Å². The lowest BCUT2D eigenvalue weighted by Crippen LogP contribution is -2.29. The lowest BCUT2D eigenvalue weighted by Gasteiger charge is -2.24. The zero-order valence-electron chi connectivity index (χ0n) is 7.38. The van der Waals surface area contributed by atoms with Gasteiger partial charge in [0.1, 0.15) is 5.78 Å². The highest BCUT2D eigenvalue weighted by atomic mass is 16.3. The molecule has 0 radical (unpaired) electrons.